The van der Waals surface area contributed by atoms with Crippen molar-refractivity contribution in [3.63, 3.8) is 0 Å². The van der Waals surface area contributed by atoms with Gasteiger partial charge in [-0.05, 0) is 61.5 Å². The highest BCUT2D eigenvalue weighted by atomic mass is 16.7. The summed E-state index contributed by atoms with van der Waals surface area (Å²) < 4.78 is 23.7. The molecule has 24 heavy (non-hydrogen) atoms. The molecule has 6 heteroatoms. The molecule has 1 aliphatic rings. The first kappa shape index (κ1) is 18.9. The lowest BCUT2D eigenvalue weighted by atomic mass is 9.78. The van der Waals surface area contributed by atoms with Crippen LogP contribution in [0.2, 0.25) is 0 Å². The van der Waals surface area contributed by atoms with E-state index >= 15 is 0 Å². The first-order chi connectivity index (χ1) is 10.9. The summed E-state index contributed by atoms with van der Waals surface area (Å²) >= 11 is 0. The van der Waals surface area contributed by atoms with Crippen LogP contribution in [0.15, 0.2) is 12.1 Å². The van der Waals surface area contributed by atoms with Crippen molar-refractivity contribution < 1.29 is 23.9 Å². The zero-order valence-corrected chi connectivity index (χ0v) is 16.0. The van der Waals surface area contributed by atoms with Gasteiger partial charge in [0.1, 0.15) is 5.75 Å². The maximum Gasteiger partial charge on any atom is 0.498 e. The third-order valence-electron chi connectivity index (χ3n) is 4.33. The molecule has 0 amide bonds. The molecule has 1 aliphatic heterocycles. The molecular formula is C18H29BO5. The number of rotatable bonds is 5. The summed E-state index contributed by atoms with van der Waals surface area (Å²) in [5.74, 6) is 1.15. The molecule has 0 aliphatic carbocycles. The van der Waals surface area contributed by atoms with Crippen LogP contribution in [-0.2, 0) is 9.31 Å². The Hall–Kier alpha value is -1.40. The number of aromatic hydroxyl groups is 1. The minimum absolute atomic E-state index is 0.0183. The Balaban J connectivity index is 2.41. The van der Waals surface area contributed by atoms with Crippen molar-refractivity contribution in [2.24, 2.45) is 0 Å². The summed E-state index contributed by atoms with van der Waals surface area (Å²) in [6, 6.07) is 3.31. The van der Waals surface area contributed by atoms with Gasteiger partial charge in [0.05, 0.1) is 23.4 Å². The van der Waals surface area contributed by atoms with Crippen LogP contribution in [0.25, 0.3) is 0 Å². The molecule has 0 atom stereocenters. The predicted octanol–water partition coefficient (Wildman–Crippen LogP) is 3.27. The van der Waals surface area contributed by atoms with Crippen LogP contribution >= 0.6 is 0 Å². The van der Waals surface area contributed by atoms with Crippen molar-refractivity contribution in [3.05, 3.63) is 12.1 Å². The molecule has 1 aromatic carbocycles. The monoisotopic (exact) mass is 336 g/mol. The predicted molar refractivity (Wildman–Crippen MR) is 95.4 cm³/mol. The Morgan fingerprint density at radius 3 is 1.71 bits per heavy atom. The van der Waals surface area contributed by atoms with E-state index < -0.39 is 18.3 Å². The number of phenolic OH excluding ortho intramolecular Hbond substituents is 1. The zero-order chi connectivity index (χ0) is 18.3. The van der Waals surface area contributed by atoms with E-state index in [0.717, 1.165) is 0 Å². The Bertz CT molecular complexity index is 579. The first-order valence-electron chi connectivity index (χ1n) is 8.49. The highest BCUT2D eigenvalue weighted by Crippen LogP contribution is 2.39. The van der Waals surface area contributed by atoms with Crippen LogP contribution in [0.1, 0.15) is 55.4 Å². The molecule has 1 fully saturated rings. The molecule has 1 aromatic rings. The summed E-state index contributed by atoms with van der Waals surface area (Å²) in [7, 11) is -0.655. The number of hydrogen-bond donors (Lipinski definition) is 1. The van der Waals surface area contributed by atoms with E-state index in [2.05, 4.69) is 0 Å². The van der Waals surface area contributed by atoms with Crippen LogP contribution in [0, 0.1) is 0 Å². The van der Waals surface area contributed by atoms with Crippen LogP contribution in [-0.4, -0.2) is 35.6 Å². The molecule has 0 spiro atoms. The van der Waals surface area contributed by atoms with E-state index in [1.165, 1.54) is 0 Å². The van der Waals surface area contributed by atoms with Crippen molar-refractivity contribution in [3.8, 4) is 17.2 Å². The molecule has 5 nitrogen and oxygen atoms in total. The second-order valence-corrected chi connectivity index (χ2v) is 7.78. The highest BCUT2D eigenvalue weighted by molar-refractivity contribution is 6.63. The number of benzene rings is 1. The average molecular weight is 336 g/mol. The van der Waals surface area contributed by atoms with Gasteiger partial charge in [0.2, 0.25) is 0 Å². The largest absolute Gasteiger partial charge is 0.508 e. The highest BCUT2D eigenvalue weighted by Gasteiger charge is 2.52. The smallest absolute Gasteiger partial charge is 0.498 e. The fraction of sp³-hybridized carbons (Fsp3) is 0.667. The van der Waals surface area contributed by atoms with Gasteiger partial charge in [-0.2, -0.15) is 0 Å². The second-order valence-electron chi connectivity index (χ2n) is 7.78. The molecule has 0 radical (unpaired) electrons. The van der Waals surface area contributed by atoms with Gasteiger partial charge in [0.25, 0.3) is 0 Å². The quantitative estimate of drug-likeness (QED) is 0.837. The lowest BCUT2D eigenvalue weighted by Gasteiger charge is -2.32. The van der Waals surface area contributed by atoms with E-state index in [1.54, 1.807) is 12.1 Å². The first-order valence-corrected chi connectivity index (χ1v) is 8.49. The lowest BCUT2D eigenvalue weighted by Crippen LogP contribution is -2.41. The molecule has 0 unspecified atom stereocenters. The van der Waals surface area contributed by atoms with Crippen LogP contribution in [0.4, 0.5) is 0 Å². The van der Waals surface area contributed by atoms with E-state index in [1.807, 2.05) is 55.4 Å². The number of phenols is 1. The molecule has 0 aromatic heterocycles. The van der Waals surface area contributed by atoms with Gasteiger partial charge in [0.15, 0.2) is 11.5 Å². The molecule has 2 rings (SSSR count). The summed E-state index contributed by atoms with van der Waals surface area (Å²) in [4.78, 5) is 0. The van der Waals surface area contributed by atoms with Crippen LogP contribution in [0.3, 0.4) is 0 Å². The van der Waals surface area contributed by atoms with Crippen molar-refractivity contribution in [1.29, 1.82) is 0 Å². The van der Waals surface area contributed by atoms with Crippen molar-refractivity contribution >= 4 is 12.6 Å². The molecule has 1 N–H and O–H groups in total. The summed E-state index contributed by atoms with van der Waals surface area (Å²) in [5, 5.41) is 10.5. The lowest BCUT2D eigenvalue weighted by molar-refractivity contribution is 0.00578. The zero-order valence-electron chi connectivity index (χ0n) is 16.0. The van der Waals surface area contributed by atoms with E-state index in [0.29, 0.717) is 17.0 Å². The average Bonchev–Trinajstić information content (AvgIpc) is 2.60. The second kappa shape index (κ2) is 6.49. The van der Waals surface area contributed by atoms with Crippen LogP contribution in [0.5, 0.6) is 17.2 Å². The third-order valence-corrected chi connectivity index (χ3v) is 4.33. The summed E-state index contributed by atoms with van der Waals surface area (Å²) in [6.07, 6.45) is -0.0446. The molecule has 1 heterocycles. The van der Waals surface area contributed by atoms with Gasteiger partial charge in [-0.3, -0.25) is 0 Å². The van der Waals surface area contributed by atoms with Gasteiger partial charge in [-0.1, -0.05) is 0 Å². The SMILES string of the molecule is CC(C)Oc1cc(O)c(B2OC(C)(C)C(C)(C)O2)cc1OC(C)C. The normalized spacial score (nSPS) is 19.2. The van der Waals surface area contributed by atoms with Crippen LogP contribution < -0.4 is 14.9 Å². The van der Waals surface area contributed by atoms with Crippen molar-refractivity contribution in [2.75, 3.05) is 0 Å². The van der Waals surface area contributed by atoms with Crippen molar-refractivity contribution in [1.82, 2.24) is 0 Å². The van der Waals surface area contributed by atoms with E-state index in [-0.39, 0.29) is 18.0 Å². The Morgan fingerprint density at radius 1 is 0.875 bits per heavy atom. The fourth-order valence-corrected chi connectivity index (χ4v) is 2.42. The topological polar surface area (TPSA) is 57.2 Å². The summed E-state index contributed by atoms with van der Waals surface area (Å²) in [5.41, 5.74) is -0.410. The van der Waals surface area contributed by atoms with E-state index in [9.17, 15) is 5.11 Å². The number of ether oxygens (including phenoxy) is 2. The molecular weight excluding hydrogens is 307 g/mol. The Morgan fingerprint density at radius 2 is 1.29 bits per heavy atom. The van der Waals surface area contributed by atoms with Gasteiger partial charge in [0, 0.05) is 11.5 Å². The molecule has 134 valence electrons. The van der Waals surface area contributed by atoms with E-state index in [4.69, 9.17) is 18.8 Å². The van der Waals surface area contributed by atoms with Crippen molar-refractivity contribution in [2.45, 2.75) is 78.8 Å². The summed E-state index contributed by atoms with van der Waals surface area (Å²) in [6.45, 7) is 15.7. The fourth-order valence-electron chi connectivity index (χ4n) is 2.42. The standard InChI is InChI=1S/C18H29BO5/c1-11(2)21-15-9-13(14(20)10-16(15)22-12(3)4)19-23-17(5,6)18(7,8)24-19/h9-12,20H,1-8H3. The molecule has 1 saturated heterocycles. The maximum absolute atomic E-state index is 10.5. The molecule has 0 bridgehead atoms. The van der Waals surface area contributed by atoms with Gasteiger partial charge < -0.3 is 23.9 Å². The minimum atomic E-state index is -0.655. The Labute approximate surface area is 145 Å². The van der Waals surface area contributed by atoms with Gasteiger partial charge in [-0.25, -0.2) is 0 Å². The maximum atomic E-state index is 10.5. The minimum Gasteiger partial charge on any atom is -0.508 e. The Kier molecular flexibility index (Phi) is 5.12. The van der Waals surface area contributed by atoms with Gasteiger partial charge in [-0.15, -0.1) is 0 Å². The van der Waals surface area contributed by atoms with Gasteiger partial charge >= 0.3 is 7.12 Å². The molecule has 0 saturated carbocycles. The third kappa shape index (κ3) is 3.81. The number of hydrogen-bond acceptors (Lipinski definition) is 5.